The number of hydrogen-bond donors (Lipinski definition) is 0. The van der Waals surface area contributed by atoms with Crippen LogP contribution in [0.2, 0.25) is 0 Å². The molecule has 0 radical (unpaired) electrons. The Kier molecular flexibility index (Phi) is 6.19. The van der Waals surface area contributed by atoms with Crippen LogP contribution in [0.25, 0.3) is 11.1 Å². The first kappa shape index (κ1) is 21.7. The van der Waals surface area contributed by atoms with Gasteiger partial charge in [-0.2, -0.15) is 21.0 Å². The van der Waals surface area contributed by atoms with E-state index >= 15 is 0 Å². The molecule has 4 aromatic carbocycles. The van der Waals surface area contributed by atoms with Crippen molar-refractivity contribution in [2.45, 2.75) is 0 Å². The van der Waals surface area contributed by atoms with E-state index in [-0.39, 0.29) is 33.8 Å². The molecule has 0 saturated heterocycles. The van der Waals surface area contributed by atoms with E-state index in [9.17, 15) is 21.0 Å². The number of benzene rings is 4. The number of hydrogen-bond acceptors (Lipinski definition) is 6. The maximum absolute atomic E-state index is 9.54. The van der Waals surface area contributed by atoms with Gasteiger partial charge in [0.2, 0.25) is 0 Å². The summed E-state index contributed by atoms with van der Waals surface area (Å²) < 4.78 is 12.2. The predicted molar refractivity (Wildman–Crippen MR) is 124 cm³/mol. The third kappa shape index (κ3) is 4.12. The van der Waals surface area contributed by atoms with Crippen LogP contribution in [-0.4, -0.2) is 0 Å². The van der Waals surface area contributed by atoms with Crippen LogP contribution in [-0.2, 0) is 0 Å². The Morgan fingerprint density at radius 1 is 0.412 bits per heavy atom. The zero-order valence-corrected chi connectivity index (χ0v) is 17.7. The molecule has 0 spiro atoms. The van der Waals surface area contributed by atoms with Gasteiger partial charge in [0.25, 0.3) is 0 Å². The number of para-hydroxylation sites is 2. The van der Waals surface area contributed by atoms with Crippen molar-refractivity contribution in [3.05, 3.63) is 107 Å². The zero-order valence-electron chi connectivity index (χ0n) is 17.7. The van der Waals surface area contributed by atoms with Crippen LogP contribution in [0.5, 0.6) is 23.0 Å². The van der Waals surface area contributed by atoms with Crippen molar-refractivity contribution in [1.29, 1.82) is 21.0 Å². The fourth-order valence-corrected chi connectivity index (χ4v) is 3.44. The number of ether oxygens (including phenoxy) is 2. The molecule has 0 aliphatic rings. The Morgan fingerprint density at radius 2 is 0.794 bits per heavy atom. The Bertz CT molecular complexity index is 1440. The second-order valence-corrected chi connectivity index (χ2v) is 7.00. The smallest absolute Gasteiger partial charge is 0.146 e. The molecular weight excluding hydrogens is 424 g/mol. The van der Waals surface area contributed by atoms with E-state index in [0.29, 0.717) is 22.6 Å². The van der Waals surface area contributed by atoms with E-state index in [2.05, 4.69) is 0 Å². The first-order chi connectivity index (χ1) is 16.7. The molecule has 158 valence electrons. The highest BCUT2D eigenvalue weighted by molar-refractivity contribution is 5.77. The summed E-state index contributed by atoms with van der Waals surface area (Å²) in [5.74, 6) is 1.44. The molecule has 0 bridgehead atoms. The van der Waals surface area contributed by atoms with E-state index in [1.165, 1.54) is 0 Å². The molecule has 0 atom stereocenters. The van der Waals surface area contributed by atoms with Crippen molar-refractivity contribution in [1.82, 2.24) is 0 Å². The van der Waals surface area contributed by atoms with Gasteiger partial charge in [0, 0.05) is 11.1 Å². The molecule has 6 heteroatoms. The van der Waals surface area contributed by atoms with Gasteiger partial charge in [0.05, 0.1) is 11.1 Å². The van der Waals surface area contributed by atoms with Crippen LogP contribution in [0, 0.1) is 45.3 Å². The summed E-state index contributed by atoms with van der Waals surface area (Å²) in [5.41, 5.74) is 2.11. The van der Waals surface area contributed by atoms with Crippen molar-refractivity contribution in [3.63, 3.8) is 0 Å². The Hall–Kier alpha value is -5.56. The fraction of sp³-hybridized carbons (Fsp3) is 0. The van der Waals surface area contributed by atoms with Crippen molar-refractivity contribution in [2.75, 3.05) is 0 Å². The average Bonchev–Trinajstić information content (AvgIpc) is 2.89. The van der Waals surface area contributed by atoms with Gasteiger partial charge in [-0.15, -0.1) is 0 Å². The van der Waals surface area contributed by atoms with Crippen molar-refractivity contribution in [2.24, 2.45) is 0 Å². The lowest BCUT2D eigenvalue weighted by Crippen LogP contribution is -1.96. The highest BCUT2D eigenvalue weighted by atomic mass is 16.5. The van der Waals surface area contributed by atoms with Crippen LogP contribution >= 0.6 is 0 Å². The lowest BCUT2D eigenvalue weighted by Gasteiger charge is -2.16. The maximum Gasteiger partial charge on any atom is 0.146 e. The average molecular weight is 438 g/mol. The molecule has 0 amide bonds. The zero-order chi connectivity index (χ0) is 23.9. The van der Waals surface area contributed by atoms with Gasteiger partial charge in [-0.1, -0.05) is 48.5 Å². The molecule has 0 heterocycles. The summed E-state index contributed by atoms with van der Waals surface area (Å²) >= 11 is 0. The minimum atomic E-state index is 0.149. The second kappa shape index (κ2) is 9.71. The van der Waals surface area contributed by atoms with Gasteiger partial charge in [0.1, 0.15) is 58.4 Å². The molecule has 0 saturated carbocycles. The summed E-state index contributed by atoms with van der Waals surface area (Å²) in [7, 11) is 0. The first-order valence-electron chi connectivity index (χ1n) is 10.1. The minimum absolute atomic E-state index is 0.149. The highest BCUT2D eigenvalue weighted by Gasteiger charge is 2.17. The molecule has 6 nitrogen and oxygen atoms in total. The lowest BCUT2D eigenvalue weighted by atomic mass is 10.0. The predicted octanol–water partition coefficient (Wildman–Crippen LogP) is 6.42. The van der Waals surface area contributed by atoms with Gasteiger partial charge < -0.3 is 9.47 Å². The molecule has 4 rings (SSSR count). The molecule has 4 aromatic rings. The molecule has 0 aliphatic carbocycles. The molecule has 0 aliphatic heterocycles. The van der Waals surface area contributed by atoms with Gasteiger partial charge in [0.15, 0.2) is 0 Å². The summed E-state index contributed by atoms with van der Waals surface area (Å²) in [6.07, 6.45) is 0. The lowest BCUT2D eigenvalue weighted by molar-refractivity contribution is 0.475. The van der Waals surface area contributed by atoms with E-state index in [0.717, 1.165) is 0 Å². The Labute approximate surface area is 196 Å². The van der Waals surface area contributed by atoms with Crippen LogP contribution in [0.4, 0.5) is 0 Å². The number of nitrogens with zero attached hydrogens (tertiary/aromatic N) is 4. The summed E-state index contributed by atoms with van der Waals surface area (Å²) in [5, 5.41) is 37.7. The minimum Gasteiger partial charge on any atom is -0.455 e. The standard InChI is InChI=1S/C28H14N4O2/c29-15-19-7-5-13-27(23(19)17-31)33-25-11-3-1-9-21(25)22-10-2-4-12-26(22)34-28-14-6-8-20(16-30)24(28)18-32/h1-14H. The monoisotopic (exact) mass is 438 g/mol. The molecular formula is C28H14N4O2. The maximum atomic E-state index is 9.54. The number of rotatable bonds is 5. The molecule has 34 heavy (non-hydrogen) atoms. The summed E-state index contributed by atoms with van der Waals surface area (Å²) in [4.78, 5) is 0. The van der Waals surface area contributed by atoms with Gasteiger partial charge >= 0.3 is 0 Å². The Balaban J connectivity index is 1.79. The van der Waals surface area contributed by atoms with E-state index in [4.69, 9.17) is 9.47 Å². The van der Waals surface area contributed by atoms with Crippen LogP contribution < -0.4 is 9.47 Å². The van der Waals surface area contributed by atoms with Crippen molar-refractivity contribution >= 4 is 0 Å². The quantitative estimate of drug-likeness (QED) is 0.355. The largest absolute Gasteiger partial charge is 0.455 e. The SMILES string of the molecule is N#Cc1cccc(Oc2ccccc2-c2ccccc2Oc2cccc(C#N)c2C#N)c1C#N. The van der Waals surface area contributed by atoms with Gasteiger partial charge in [-0.05, 0) is 36.4 Å². The van der Waals surface area contributed by atoms with E-state index in [1.807, 2.05) is 48.5 Å². The highest BCUT2D eigenvalue weighted by Crippen LogP contribution is 2.41. The third-order valence-corrected chi connectivity index (χ3v) is 5.02. The third-order valence-electron chi connectivity index (χ3n) is 5.02. The molecule has 0 fully saturated rings. The molecule has 0 N–H and O–H groups in total. The Morgan fingerprint density at radius 3 is 1.18 bits per heavy atom. The normalized spacial score (nSPS) is 9.65. The van der Waals surface area contributed by atoms with Crippen molar-refractivity contribution in [3.8, 4) is 58.4 Å². The van der Waals surface area contributed by atoms with Gasteiger partial charge in [-0.3, -0.25) is 0 Å². The van der Waals surface area contributed by atoms with Gasteiger partial charge in [-0.25, -0.2) is 0 Å². The molecule has 0 unspecified atom stereocenters. The van der Waals surface area contributed by atoms with Crippen LogP contribution in [0.3, 0.4) is 0 Å². The van der Waals surface area contributed by atoms with E-state index in [1.54, 1.807) is 60.7 Å². The van der Waals surface area contributed by atoms with Crippen molar-refractivity contribution < 1.29 is 9.47 Å². The summed E-state index contributed by atoms with van der Waals surface area (Å²) in [6.45, 7) is 0. The topological polar surface area (TPSA) is 114 Å². The number of nitriles is 4. The first-order valence-corrected chi connectivity index (χ1v) is 10.1. The van der Waals surface area contributed by atoms with E-state index < -0.39 is 0 Å². The fourth-order valence-electron chi connectivity index (χ4n) is 3.44. The second-order valence-electron chi connectivity index (χ2n) is 7.00. The summed E-state index contributed by atoms with van der Waals surface area (Å²) in [6, 6.07) is 32.2. The van der Waals surface area contributed by atoms with Crippen LogP contribution in [0.1, 0.15) is 22.3 Å². The van der Waals surface area contributed by atoms with Crippen LogP contribution in [0.15, 0.2) is 84.9 Å². The molecule has 0 aromatic heterocycles.